The standard InChI is InChI=1S/C21H23ClN6O2/c1-12(20-19(21(24)30)25-14(3)28(20)11-13(2)29)10-27-7-6-18(26-27)15-4-5-16(9-23)17(22)8-15/h4-8,12-13,29H,10-11H2,1-3H3,(H2,24,30)/t12-,13-/m0/s1. The van der Waals surface area contributed by atoms with Crippen molar-refractivity contribution >= 4 is 17.5 Å². The maximum Gasteiger partial charge on any atom is 0.269 e. The van der Waals surface area contributed by atoms with Crippen LogP contribution in [0, 0.1) is 18.3 Å². The minimum absolute atomic E-state index is 0.134. The normalized spacial score (nSPS) is 13.1. The summed E-state index contributed by atoms with van der Waals surface area (Å²) in [6.07, 6.45) is 1.24. The zero-order chi connectivity index (χ0) is 22.0. The molecule has 156 valence electrons. The van der Waals surface area contributed by atoms with Crippen LogP contribution in [-0.2, 0) is 13.1 Å². The average molecular weight is 427 g/mol. The summed E-state index contributed by atoms with van der Waals surface area (Å²) in [7, 11) is 0. The van der Waals surface area contributed by atoms with Gasteiger partial charge in [-0.05, 0) is 32.0 Å². The predicted molar refractivity (Wildman–Crippen MR) is 113 cm³/mol. The number of imidazole rings is 1. The summed E-state index contributed by atoms with van der Waals surface area (Å²) in [6.45, 7) is 6.22. The first-order chi connectivity index (χ1) is 14.2. The molecular weight excluding hydrogens is 404 g/mol. The number of hydrogen-bond donors (Lipinski definition) is 2. The largest absolute Gasteiger partial charge is 0.392 e. The Morgan fingerprint density at radius 3 is 2.67 bits per heavy atom. The lowest BCUT2D eigenvalue weighted by molar-refractivity contribution is 0.0993. The first kappa shape index (κ1) is 21.6. The number of carbonyl (C=O) groups is 1. The Morgan fingerprint density at radius 1 is 1.33 bits per heavy atom. The van der Waals surface area contributed by atoms with Gasteiger partial charge in [0.05, 0.1) is 28.1 Å². The maximum atomic E-state index is 11.9. The fraction of sp³-hybridized carbons (Fsp3) is 0.333. The third kappa shape index (κ3) is 4.37. The lowest BCUT2D eigenvalue weighted by atomic mass is 10.1. The fourth-order valence-corrected chi connectivity index (χ4v) is 3.73. The highest BCUT2D eigenvalue weighted by Crippen LogP contribution is 2.26. The van der Waals surface area contributed by atoms with Crippen LogP contribution in [0.15, 0.2) is 30.5 Å². The maximum absolute atomic E-state index is 11.9. The van der Waals surface area contributed by atoms with Crippen molar-refractivity contribution in [2.45, 2.75) is 45.9 Å². The molecular formula is C21H23ClN6O2. The number of halogens is 1. The van der Waals surface area contributed by atoms with Crippen LogP contribution in [0.5, 0.6) is 0 Å². The van der Waals surface area contributed by atoms with Gasteiger partial charge < -0.3 is 15.4 Å². The van der Waals surface area contributed by atoms with E-state index in [0.717, 1.165) is 11.3 Å². The zero-order valence-corrected chi connectivity index (χ0v) is 17.8. The Bertz CT molecular complexity index is 1130. The molecule has 0 aliphatic rings. The minimum Gasteiger partial charge on any atom is -0.392 e. The van der Waals surface area contributed by atoms with Crippen LogP contribution < -0.4 is 5.73 Å². The fourth-order valence-electron chi connectivity index (χ4n) is 3.51. The topological polar surface area (TPSA) is 123 Å². The van der Waals surface area contributed by atoms with E-state index in [1.165, 1.54) is 0 Å². The minimum atomic E-state index is -0.599. The number of primary amides is 1. The lowest BCUT2D eigenvalue weighted by Crippen LogP contribution is -2.22. The number of benzene rings is 1. The lowest BCUT2D eigenvalue weighted by Gasteiger charge is -2.18. The molecule has 0 radical (unpaired) electrons. The first-order valence-corrected chi connectivity index (χ1v) is 9.87. The van der Waals surface area contributed by atoms with Crippen LogP contribution >= 0.6 is 11.6 Å². The van der Waals surface area contributed by atoms with Gasteiger partial charge in [-0.3, -0.25) is 9.48 Å². The number of aliphatic hydroxyl groups is 1. The monoisotopic (exact) mass is 426 g/mol. The molecule has 2 heterocycles. The summed E-state index contributed by atoms with van der Waals surface area (Å²) in [5.41, 5.74) is 8.37. The van der Waals surface area contributed by atoms with E-state index >= 15 is 0 Å². The summed E-state index contributed by atoms with van der Waals surface area (Å²) in [5.74, 6) is -0.109. The highest BCUT2D eigenvalue weighted by atomic mass is 35.5. The summed E-state index contributed by atoms with van der Waals surface area (Å²) < 4.78 is 3.60. The Kier molecular flexibility index (Phi) is 6.25. The second kappa shape index (κ2) is 8.69. The van der Waals surface area contributed by atoms with Crippen LogP contribution in [0.2, 0.25) is 5.02 Å². The van der Waals surface area contributed by atoms with E-state index in [0.29, 0.717) is 35.2 Å². The molecule has 1 amide bonds. The van der Waals surface area contributed by atoms with Crippen molar-refractivity contribution in [2.24, 2.45) is 5.73 Å². The van der Waals surface area contributed by atoms with Gasteiger partial charge in [-0.1, -0.05) is 24.6 Å². The van der Waals surface area contributed by atoms with Gasteiger partial charge in [-0.15, -0.1) is 0 Å². The van der Waals surface area contributed by atoms with E-state index in [4.69, 9.17) is 22.6 Å². The molecule has 0 bridgehead atoms. The van der Waals surface area contributed by atoms with Crippen molar-refractivity contribution in [1.29, 1.82) is 5.26 Å². The molecule has 2 aromatic heterocycles. The first-order valence-electron chi connectivity index (χ1n) is 9.49. The second-order valence-corrected chi connectivity index (χ2v) is 7.75. The van der Waals surface area contributed by atoms with Crippen LogP contribution in [0.1, 0.15) is 47.3 Å². The van der Waals surface area contributed by atoms with Gasteiger partial charge in [-0.25, -0.2) is 4.98 Å². The third-order valence-corrected chi connectivity index (χ3v) is 5.14. The van der Waals surface area contributed by atoms with Crippen molar-refractivity contribution in [2.75, 3.05) is 0 Å². The zero-order valence-electron chi connectivity index (χ0n) is 17.0. The van der Waals surface area contributed by atoms with E-state index in [1.807, 2.05) is 29.8 Å². The number of rotatable bonds is 7. The number of carbonyl (C=O) groups excluding carboxylic acids is 1. The number of nitriles is 1. The molecule has 30 heavy (non-hydrogen) atoms. The number of hydrogen-bond acceptors (Lipinski definition) is 5. The molecule has 8 nitrogen and oxygen atoms in total. The predicted octanol–water partition coefficient (Wildman–Crippen LogP) is 2.86. The number of aryl methyl sites for hydroxylation is 1. The Hall–Kier alpha value is -3.15. The van der Waals surface area contributed by atoms with Crippen molar-refractivity contribution in [1.82, 2.24) is 19.3 Å². The second-order valence-electron chi connectivity index (χ2n) is 7.35. The summed E-state index contributed by atoms with van der Waals surface area (Å²) >= 11 is 6.13. The average Bonchev–Trinajstić information content (AvgIpc) is 3.26. The van der Waals surface area contributed by atoms with E-state index in [2.05, 4.69) is 10.1 Å². The number of amides is 1. The number of nitrogens with two attached hydrogens (primary N) is 1. The summed E-state index contributed by atoms with van der Waals surface area (Å²) in [5, 5.41) is 23.8. The van der Waals surface area contributed by atoms with Crippen LogP contribution in [-0.4, -0.2) is 36.4 Å². The molecule has 3 rings (SSSR count). The van der Waals surface area contributed by atoms with Crippen LogP contribution in [0.4, 0.5) is 0 Å². The van der Waals surface area contributed by atoms with Gasteiger partial charge in [0.25, 0.3) is 5.91 Å². The quantitative estimate of drug-likeness (QED) is 0.601. The Morgan fingerprint density at radius 2 is 2.07 bits per heavy atom. The van der Waals surface area contributed by atoms with E-state index in [1.54, 1.807) is 36.7 Å². The number of aliphatic hydroxyl groups excluding tert-OH is 1. The molecule has 1 aromatic carbocycles. The summed E-state index contributed by atoms with van der Waals surface area (Å²) in [4.78, 5) is 16.2. The molecule has 0 fully saturated rings. The highest BCUT2D eigenvalue weighted by Gasteiger charge is 2.24. The van der Waals surface area contributed by atoms with Gasteiger partial charge in [0, 0.05) is 30.8 Å². The van der Waals surface area contributed by atoms with Gasteiger partial charge in [0.15, 0.2) is 0 Å². The molecule has 0 saturated heterocycles. The summed E-state index contributed by atoms with van der Waals surface area (Å²) in [6, 6.07) is 9.07. The molecule has 9 heteroatoms. The third-order valence-electron chi connectivity index (χ3n) is 4.83. The SMILES string of the molecule is Cc1nc(C(N)=O)c([C@@H](C)Cn2ccc(-c3ccc(C#N)c(Cl)c3)n2)n1C[C@H](C)O. The van der Waals surface area contributed by atoms with Gasteiger partial charge >= 0.3 is 0 Å². The van der Waals surface area contributed by atoms with Crippen molar-refractivity contribution in [3.05, 3.63) is 58.3 Å². The van der Waals surface area contributed by atoms with Crippen molar-refractivity contribution in [3.8, 4) is 17.3 Å². The van der Waals surface area contributed by atoms with E-state index in [9.17, 15) is 9.90 Å². The number of nitrogens with zero attached hydrogens (tertiary/aromatic N) is 5. The number of aromatic nitrogens is 4. The van der Waals surface area contributed by atoms with Gasteiger partial charge in [-0.2, -0.15) is 10.4 Å². The van der Waals surface area contributed by atoms with E-state index in [-0.39, 0.29) is 11.6 Å². The molecule has 3 N–H and O–H groups in total. The highest BCUT2D eigenvalue weighted by molar-refractivity contribution is 6.32. The molecule has 0 saturated carbocycles. The molecule has 0 aliphatic carbocycles. The Labute approximate surface area is 179 Å². The van der Waals surface area contributed by atoms with Gasteiger partial charge in [0.1, 0.15) is 17.6 Å². The van der Waals surface area contributed by atoms with Crippen molar-refractivity contribution < 1.29 is 9.90 Å². The van der Waals surface area contributed by atoms with Crippen LogP contribution in [0.25, 0.3) is 11.3 Å². The molecule has 0 spiro atoms. The molecule has 2 atom stereocenters. The van der Waals surface area contributed by atoms with Gasteiger partial charge in [0.2, 0.25) is 0 Å². The van der Waals surface area contributed by atoms with Crippen molar-refractivity contribution in [3.63, 3.8) is 0 Å². The smallest absolute Gasteiger partial charge is 0.269 e. The Balaban J connectivity index is 1.89. The molecule has 0 aliphatic heterocycles. The molecule has 3 aromatic rings. The van der Waals surface area contributed by atoms with Crippen LogP contribution in [0.3, 0.4) is 0 Å². The molecule has 0 unspecified atom stereocenters. The van der Waals surface area contributed by atoms with E-state index < -0.39 is 12.0 Å².